The molecule has 2 aliphatic rings. The predicted octanol–water partition coefficient (Wildman–Crippen LogP) is 2.85. The zero-order valence-corrected chi connectivity index (χ0v) is 14.2. The fourth-order valence-electron chi connectivity index (χ4n) is 4.62. The average Bonchev–Trinajstić information content (AvgIpc) is 3.23. The van der Waals surface area contributed by atoms with Crippen molar-refractivity contribution in [2.75, 3.05) is 0 Å². The zero-order valence-electron chi connectivity index (χ0n) is 14.2. The molecule has 0 saturated carbocycles. The number of aliphatic hydroxyl groups excluding tert-OH is 1. The molecule has 3 N–H and O–H groups in total. The largest absolute Gasteiger partial charge is 0.388 e. The van der Waals surface area contributed by atoms with Crippen molar-refractivity contribution in [3.05, 3.63) is 77.2 Å². The van der Waals surface area contributed by atoms with Gasteiger partial charge in [0.25, 0.3) is 0 Å². The number of hydrogen-bond acceptors (Lipinski definition) is 3. The molecule has 2 heterocycles. The molecule has 2 aromatic carbocycles. The first-order valence-corrected chi connectivity index (χ1v) is 8.87. The Morgan fingerprint density at radius 2 is 2.04 bits per heavy atom. The van der Waals surface area contributed by atoms with Crippen molar-refractivity contribution in [3.63, 3.8) is 0 Å². The quantitative estimate of drug-likeness (QED) is 0.749. The molecule has 1 amide bonds. The van der Waals surface area contributed by atoms with Crippen LogP contribution in [-0.2, 0) is 6.42 Å². The molecule has 0 fully saturated rings. The molecule has 3 aromatic rings. The van der Waals surface area contributed by atoms with Gasteiger partial charge in [-0.1, -0.05) is 30.3 Å². The number of nitrogens with zero attached hydrogens (tertiary/aromatic N) is 2. The smallest absolute Gasteiger partial charge is 0.248 e. The maximum atomic E-state index is 11.4. The maximum Gasteiger partial charge on any atom is 0.248 e. The van der Waals surface area contributed by atoms with Gasteiger partial charge in [-0.25, -0.2) is 4.98 Å². The number of aromatic nitrogens is 2. The van der Waals surface area contributed by atoms with Crippen LogP contribution >= 0.6 is 0 Å². The van der Waals surface area contributed by atoms with E-state index in [1.807, 2.05) is 36.8 Å². The molecule has 1 unspecified atom stereocenters. The number of aryl methyl sites for hydroxylation is 1. The van der Waals surface area contributed by atoms with Crippen molar-refractivity contribution in [2.45, 2.75) is 25.0 Å². The van der Waals surface area contributed by atoms with E-state index in [4.69, 9.17) is 5.73 Å². The summed E-state index contributed by atoms with van der Waals surface area (Å²) in [7, 11) is 0. The second-order valence-electron chi connectivity index (χ2n) is 7.14. The van der Waals surface area contributed by atoms with Crippen molar-refractivity contribution >= 4 is 5.91 Å². The third-order valence-corrected chi connectivity index (χ3v) is 5.83. The van der Waals surface area contributed by atoms with Crippen LogP contribution in [-0.4, -0.2) is 20.6 Å². The van der Waals surface area contributed by atoms with Crippen LogP contribution in [0, 0.1) is 5.92 Å². The van der Waals surface area contributed by atoms with Crippen LogP contribution in [0.1, 0.15) is 45.6 Å². The first-order chi connectivity index (χ1) is 12.6. The Morgan fingerprint density at radius 3 is 2.88 bits per heavy atom. The van der Waals surface area contributed by atoms with Gasteiger partial charge in [-0.3, -0.25) is 4.79 Å². The minimum Gasteiger partial charge on any atom is -0.388 e. The van der Waals surface area contributed by atoms with Gasteiger partial charge in [-0.2, -0.15) is 0 Å². The number of amides is 1. The Kier molecular flexibility index (Phi) is 3.27. The Bertz CT molecular complexity index is 1020. The lowest BCUT2D eigenvalue weighted by Gasteiger charge is -2.35. The van der Waals surface area contributed by atoms with Crippen molar-refractivity contribution in [3.8, 4) is 11.3 Å². The summed E-state index contributed by atoms with van der Waals surface area (Å²) < 4.78 is 2.18. The average molecular weight is 345 g/mol. The topological polar surface area (TPSA) is 81.1 Å². The number of benzene rings is 2. The Balaban J connectivity index is 1.57. The van der Waals surface area contributed by atoms with E-state index in [1.54, 1.807) is 6.07 Å². The summed E-state index contributed by atoms with van der Waals surface area (Å²) in [6.45, 7) is 0. The Morgan fingerprint density at radius 1 is 1.19 bits per heavy atom. The molecule has 0 bridgehead atoms. The van der Waals surface area contributed by atoms with Crippen LogP contribution in [0.25, 0.3) is 11.3 Å². The molecule has 26 heavy (non-hydrogen) atoms. The standard InChI is InChI=1S/C21H19N3O2/c22-21(26)13-6-7-14-12(9-13)5-8-17(20(14)25)19-16-4-2-1-3-15(16)18-10-23-11-24(18)19/h1-4,6-7,9-11,17,19-20,25H,5,8H2,(H2,22,26)/t17-,19?,20-/m0/s1. The van der Waals surface area contributed by atoms with Gasteiger partial charge in [0.05, 0.1) is 30.4 Å². The normalized spacial score (nSPS) is 23.2. The fraction of sp³-hybridized carbons (Fsp3) is 0.238. The molecule has 5 nitrogen and oxygen atoms in total. The summed E-state index contributed by atoms with van der Waals surface area (Å²) >= 11 is 0. The molecule has 0 saturated heterocycles. The van der Waals surface area contributed by atoms with Gasteiger partial charge in [0.2, 0.25) is 5.91 Å². The van der Waals surface area contributed by atoms with E-state index in [-0.39, 0.29) is 12.0 Å². The van der Waals surface area contributed by atoms with Crippen LogP contribution in [0.5, 0.6) is 0 Å². The second kappa shape index (κ2) is 5.54. The number of hydrogen-bond donors (Lipinski definition) is 2. The Labute approximate surface area is 151 Å². The number of carbonyl (C=O) groups is 1. The highest BCUT2D eigenvalue weighted by molar-refractivity contribution is 5.93. The van der Waals surface area contributed by atoms with Gasteiger partial charge in [0.1, 0.15) is 0 Å². The van der Waals surface area contributed by atoms with Crippen LogP contribution in [0.2, 0.25) is 0 Å². The number of nitrogens with two attached hydrogens (primary N) is 1. The van der Waals surface area contributed by atoms with Crippen molar-refractivity contribution in [1.29, 1.82) is 0 Å². The van der Waals surface area contributed by atoms with Gasteiger partial charge >= 0.3 is 0 Å². The number of imidazole rings is 1. The molecule has 3 atom stereocenters. The third kappa shape index (κ3) is 2.07. The summed E-state index contributed by atoms with van der Waals surface area (Å²) in [5.74, 6) is -0.379. The summed E-state index contributed by atoms with van der Waals surface area (Å²) in [6, 6.07) is 13.8. The number of rotatable bonds is 2. The van der Waals surface area contributed by atoms with Gasteiger partial charge in [-0.15, -0.1) is 0 Å². The van der Waals surface area contributed by atoms with E-state index in [0.717, 1.165) is 29.7 Å². The zero-order chi connectivity index (χ0) is 17.8. The molecule has 1 aliphatic carbocycles. The highest BCUT2D eigenvalue weighted by Gasteiger charge is 2.40. The van der Waals surface area contributed by atoms with Crippen LogP contribution < -0.4 is 5.73 Å². The molecule has 0 spiro atoms. The molecule has 1 aliphatic heterocycles. The van der Waals surface area contributed by atoms with E-state index in [2.05, 4.69) is 21.7 Å². The molecule has 130 valence electrons. The van der Waals surface area contributed by atoms with Crippen molar-refractivity contribution < 1.29 is 9.90 Å². The van der Waals surface area contributed by atoms with E-state index >= 15 is 0 Å². The number of primary amides is 1. The number of aliphatic hydroxyl groups is 1. The van der Waals surface area contributed by atoms with Crippen molar-refractivity contribution in [1.82, 2.24) is 9.55 Å². The molecular formula is C21H19N3O2. The maximum absolute atomic E-state index is 11.4. The van der Waals surface area contributed by atoms with E-state index in [9.17, 15) is 9.90 Å². The summed E-state index contributed by atoms with van der Waals surface area (Å²) in [5, 5.41) is 11.1. The molecule has 5 rings (SSSR count). The van der Waals surface area contributed by atoms with Crippen LogP contribution in [0.3, 0.4) is 0 Å². The monoisotopic (exact) mass is 345 g/mol. The van der Waals surface area contributed by atoms with E-state index in [1.165, 1.54) is 11.1 Å². The summed E-state index contributed by atoms with van der Waals surface area (Å²) in [5.41, 5.74) is 11.3. The van der Waals surface area contributed by atoms with Crippen LogP contribution in [0.4, 0.5) is 0 Å². The molecular weight excluding hydrogens is 326 g/mol. The molecule has 0 radical (unpaired) electrons. The van der Waals surface area contributed by atoms with Crippen LogP contribution in [0.15, 0.2) is 55.0 Å². The number of carbonyl (C=O) groups excluding carboxylic acids is 1. The first-order valence-electron chi connectivity index (χ1n) is 8.87. The Hall–Kier alpha value is -2.92. The summed E-state index contributed by atoms with van der Waals surface area (Å²) in [4.78, 5) is 15.8. The lowest BCUT2D eigenvalue weighted by atomic mass is 9.75. The predicted molar refractivity (Wildman–Crippen MR) is 97.5 cm³/mol. The van der Waals surface area contributed by atoms with E-state index < -0.39 is 12.0 Å². The summed E-state index contributed by atoms with van der Waals surface area (Å²) in [6.07, 6.45) is 4.82. The minimum absolute atomic E-state index is 0.0542. The van der Waals surface area contributed by atoms with Gasteiger partial charge in [0.15, 0.2) is 0 Å². The second-order valence-corrected chi connectivity index (χ2v) is 7.14. The molecule has 1 aromatic heterocycles. The minimum atomic E-state index is -0.591. The van der Waals surface area contributed by atoms with Crippen molar-refractivity contribution in [2.24, 2.45) is 11.7 Å². The highest BCUT2D eigenvalue weighted by atomic mass is 16.3. The SMILES string of the molecule is NC(=O)c1ccc2c(c1)CC[C@@H](C1c3ccccc3-c3cncn31)[C@H]2O. The van der Waals surface area contributed by atoms with Gasteiger partial charge < -0.3 is 15.4 Å². The third-order valence-electron chi connectivity index (χ3n) is 5.83. The fourth-order valence-corrected chi connectivity index (χ4v) is 4.62. The lowest BCUT2D eigenvalue weighted by Crippen LogP contribution is -2.29. The molecule has 5 heteroatoms. The van der Waals surface area contributed by atoms with Gasteiger partial charge in [-0.05, 0) is 41.7 Å². The highest BCUT2D eigenvalue weighted by Crippen LogP contribution is 2.49. The lowest BCUT2D eigenvalue weighted by molar-refractivity contribution is 0.0719. The van der Waals surface area contributed by atoms with Gasteiger partial charge in [0, 0.05) is 17.0 Å². The van der Waals surface area contributed by atoms with E-state index in [0.29, 0.717) is 5.56 Å². The number of fused-ring (bicyclic) bond motifs is 4. The first kappa shape index (κ1) is 15.3.